The molecule has 0 bridgehead atoms. The van der Waals surface area contributed by atoms with Crippen LogP contribution in [0.4, 0.5) is 0 Å². The Morgan fingerprint density at radius 1 is 1.12 bits per heavy atom. The predicted molar refractivity (Wildman–Crippen MR) is 111 cm³/mol. The molecule has 0 fully saturated rings. The molecule has 5 nitrogen and oxygen atoms in total. The summed E-state index contributed by atoms with van der Waals surface area (Å²) in [5, 5.41) is 2.95. The second kappa shape index (κ2) is 10.7. The second-order valence-electron chi connectivity index (χ2n) is 6.19. The average molecular weight is 454 g/mol. The zero-order valence-corrected chi connectivity index (χ0v) is 17.3. The highest BCUT2D eigenvalue weighted by Crippen LogP contribution is 2.13. The van der Waals surface area contributed by atoms with Crippen LogP contribution in [0.15, 0.2) is 24.4 Å². The maximum absolute atomic E-state index is 12.2. The monoisotopic (exact) mass is 454 g/mol. The van der Waals surface area contributed by atoms with Gasteiger partial charge in [0.05, 0.1) is 17.2 Å². The van der Waals surface area contributed by atoms with Gasteiger partial charge in [-0.25, -0.2) is 4.98 Å². The van der Waals surface area contributed by atoms with Gasteiger partial charge in [0.25, 0.3) is 5.91 Å². The summed E-state index contributed by atoms with van der Waals surface area (Å²) < 4.78 is 1.11. The number of carbonyl (C=O) groups is 1. The van der Waals surface area contributed by atoms with Crippen molar-refractivity contribution in [1.82, 2.24) is 20.2 Å². The first-order chi connectivity index (χ1) is 12.1. The van der Waals surface area contributed by atoms with E-state index in [-0.39, 0.29) is 5.91 Å². The van der Waals surface area contributed by atoms with Crippen LogP contribution in [0.25, 0.3) is 11.0 Å². The molecule has 1 aromatic heterocycles. The number of benzene rings is 1. The second-order valence-corrected chi connectivity index (χ2v) is 7.44. The van der Waals surface area contributed by atoms with Gasteiger partial charge in [0.2, 0.25) is 0 Å². The summed E-state index contributed by atoms with van der Waals surface area (Å²) >= 11 is 2.24. The van der Waals surface area contributed by atoms with Crippen LogP contribution >= 0.6 is 22.6 Å². The number of fused-ring (bicyclic) bond motifs is 1. The van der Waals surface area contributed by atoms with E-state index in [2.05, 4.69) is 56.6 Å². The van der Waals surface area contributed by atoms with E-state index in [1.54, 1.807) is 6.20 Å². The number of aromatic nitrogens is 2. The molecule has 0 atom stereocenters. The summed E-state index contributed by atoms with van der Waals surface area (Å²) in [6.45, 7) is 8.53. The molecule has 25 heavy (non-hydrogen) atoms. The Morgan fingerprint density at radius 3 is 2.60 bits per heavy atom. The smallest absolute Gasteiger partial charge is 0.271 e. The highest BCUT2D eigenvalue weighted by atomic mass is 127. The first kappa shape index (κ1) is 20.0. The predicted octanol–water partition coefficient (Wildman–Crippen LogP) is 3.87. The van der Waals surface area contributed by atoms with Crippen molar-refractivity contribution in [3.05, 3.63) is 33.7 Å². The van der Waals surface area contributed by atoms with Crippen molar-refractivity contribution in [2.24, 2.45) is 0 Å². The first-order valence-corrected chi connectivity index (χ1v) is 10.1. The lowest BCUT2D eigenvalue weighted by atomic mass is 10.2. The van der Waals surface area contributed by atoms with Crippen LogP contribution in [0.1, 0.15) is 50.0 Å². The van der Waals surface area contributed by atoms with Gasteiger partial charge in [-0.05, 0) is 86.1 Å². The Bertz CT molecular complexity index is 686. The van der Waals surface area contributed by atoms with E-state index in [1.807, 2.05) is 18.2 Å². The lowest BCUT2D eigenvalue weighted by Gasteiger charge is -2.20. The number of unbranched alkanes of at least 4 members (excludes halogenated alkanes) is 1. The molecule has 2 aromatic rings. The standard InChI is InChI=1S/C19H27IN4O/c1-3-10-24(11-4-2)12-6-5-9-21-19(25)18-14-22-17-13-15(20)7-8-16(17)23-18/h7-8,13-14H,3-6,9-12H2,1-2H3,(H,21,25). The minimum Gasteiger partial charge on any atom is -0.351 e. The largest absolute Gasteiger partial charge is 0.351 e. The number of carbonyl (C=O) groups excluding carboxylic acids is 1. The summed E-state index contributed by atoms with van der Waals surface area (Å²) in [6, 6.07) is 5.83. The van der Waals surface area contributed by atoms with E-state index in [1.165, 1.54) is 12.8 Å². The topological polar surface area (TPSA) is 58.1 Å². The molecule has 0 saturated carbocycles. The highest BCUT2D eigenvalue weighted by Gasteiger charge is 2.09. The molecule has 0 radical (unpaired) electrons. The van der Waals surface area contributed by atoms with Crippen LogP contribution < -0.4 is 5.32 Å². The highest BCUT2D eigenvalue weighted by molar-refractivity contribution is 14.1. The van der Waals surface area contributed by atoms with E-state index >= 15 is 0 Å². The van der Waals surface area contributed by atoms with E-state index in [0.717, 1.165) is 47.1 Å². The van der Waals surface area contributed by atoms with Crippen molar-refractivity contribution < 1.29 is 4.79 Å². The van der Waals surface area contributed by atoms with Crippen molar-refractivity contribution in [2.45, 2.75) is 39.5 Å². The number of hydrogen-bond acceptors (Lipinski definition) is 4. The molecular formula is C19H27IN4O. The van der Waals surface area contributed by atoms with Crippen LogP contribution in [-0.4, -0.2) is 47.0 Å². The third-order valence-corrected chi connectivity index (χ3v) is 4.67. The van der Waals surface area contributed by atoms with Gasteiger partial charge in [-0.2, -0.15) is 0 Å². The van der Waals surface area contributed by atoms with Crippen molar-refractivity contribution in [1.29, 1.82) is 0 Å². The molecule has 1 aromatic carbocycles. The number of nitrogens with one attached hydrogen (secondary N) is 1. The normalized spacial score (nSPS) is 11.2. The Balaban J connectivity index is 1.77. The summed E-state index contributed by atoms with van der Waals surface area (Å²) in [6.07, 6.45) is 6.02. The van der Waals surface area contributed by atoms with Crippen LogP contribution in [0.2, 0.25) is 0 Å². The van der Waals surface area contributed by atoms with E-state index in [4.69, 9.17) is 0 Å². The van der Waals surface area contributed by atoms with Crippen molar-refractivity contribution in [3.8, 4) is 0 Å². The van der Waals surface area contributed by atoms with Crippen molar-refractivity contribution in [3.63, 3.8) is 0 Å². The van der Waals surface area contributed by atoms with E-state index < -0.39 is 0 Å². The molecular weight excluding hydrogens is 427 g/mol. The first-order valence-electron chi connectivity index (χ1n) is 9.07. The molecule has 2 rings (SSSR count). The number of rotatable bonds is 10. The molecule has 0 aliphatic rings. The minimum absolute atomic E-state index is 0.146. The SMILES string of the molecule is CCCN(CCC)CCCCNC(=O)c1cnc2cc(I)ccc2n1. The molecule has 6 heteroatoms. The van der Waals surface area contributed by atoms with Gasteiger partial charge in [-0.1, -0.05) is 13.8 Å². The summed E-state index contributed by atoms with van der Waals surface area (Å²) in [5.41, 5.74) is 1.95. The molecule has 136 valence electrons. The third kappa shape index (κ3) is 6.51. The van der Waals surface area contributed by atoms with Crippen molar-refractivity contribution in [2.75, 3.05) is 26.2 Å². The van der Waals surface area contributed by atoms with E-state index in [9.17, 15) is 4.79 Å². The fraction of sp³-hybridized carbons (Fsp3) is 0.526. The summed E-state index contributed by atoms with van der Waals surface area (Å²) in [7, 11) is 0. The number of amides is 1. The van der Waals surface area contributed by atoms with Crippen LogP contribution in [-0.2, 0) is 0 Å². The molecule has 0 saturated heterocycles. The fourth-order valence-corrected chi connectivity index (χ4v) is 3.29. The molecule has 1 N–H and O–H groups in total. The van der Waals surface area contributed by atoms with Crippen LogP contribution in [0.5, 0.6) is 0 Å². The van der Waals surface area contributed by atoms with Crippen molar-refractivity contribution >= 4 is 39.5 Å². The zero-order valence-electron chi connectivity index (χ0n) is 15.1. The summed E-state index contributed by atoms with van der Waals surface area (Å²) in [5.74, 6) is -0.146. The molecule has 0 aliphatic heterocycles. The number of halogens is 1. The fourth-order valence-electron chi connectivity index (χ4n) is 2.81. The molecule has 0 spiro atoms. The van der Waals surface area contributed by atoms with Gasteiger partial charge in [0, 0.05) is 10.1 Å². The van der Waals surface area contributed by atoms with Gasteiger partial charge < -0.3 is 10.2 Å². The molecule has 1 amide bonds. The van der Waals surface area contributed by atoms with E-state index in [0.29, 0.717) is 12.2 Å². The Morgan fingerprint density at radius 2 is 1.88 bits per heavy atom. The van der Waals surface area contributed by atoms with Gasteiger partial charge in [0.1, 0.15) is 5.69 Å². The molecule has 0 unspecified atom stereocenters. The zero-order chi connectivity index (χ0) is 18.1. The van der Waals surface area contributed by atoms with Gasteiger partial charge in [0.15, 0.2) is 0 Å². The molecule has 0 aliphatic carbocycles. The maximum atomic E-state index is 12.2. The quantitative estimate of drug-likeness (QED) is 0.438. The molecule has 1 heterocycles. The third-order valence-electron chi connectivity index (χ3n) is 4.00. The van der Waals surface area contributed by atoms with Gasteiger partial charge >= 0.3 is 0 Å². The number of nitrogens with zero attached hydrogens (tertiary/aromatic N) is 3. The Hall–Kier alpha value is -1.28. The van der Waals surface area contributed by atoms with Gasteiger partial charge in [-0.15, -0.1) is 0 Å². The average Bonchev–Trinajstić information content (AvgIpc) is 2.61. The Kier molecular flexibility index (Phi) is 8.54. The lowest BCUT2D eigenvalue weighted by Crippen LogP contribution is -2.29. The van der Waals surface area contributed by atoms with Crippen LogP contribution in [0, 0.1) is 3.57 Å². The minimum atomic E-state index is -0.146. The number of hydrogen-bond donors (Lipinski definition) is 1. The summed E-state index contributed by atoms with van der Waals surface area (Å²) in [4.78, 5) is 23.5. The lowest BCUT2D eigenvalue weighted by molar-refractivity contribution is 0.0947. The van der Waals surface area contributed by atoms with Crippen LogP contribution in [0.3, 0.4) is 0 Å². The Labute approximate surface area is 163 Å². The maximum Gasteiger partial charge on any atom is 0.271 e. The van der Waals surface area contributed by atoms with Gasteiger partial charge in [-0.3, -0.25) is 9.78 Å².